The lowest BCUT2D eigenvalue weighted by molar-refractivity contribution is -0.437. The van der Waals surface area contributed by atoms with Crippen LogP contribution in [0.1, 0.15) is 72.4 Å². The molecule has 0 saturated heterocycles. The average molecular weight is 687 g/mol. The van der Waals surface area contributed by atoms with Crippen molar-refractivity contribution in [3.05, 3.63) is 94.7 Å². The normalized spacial score (nSPS) is 18.0. The molecule has 0 saturated carbocycles. The van der Waals surface area contributed by atoms with E-state index in [-0.39, 0.29) is 37.1 Å². The number of carboxylic acids is 2. The summed E-state index contributed by atoms with van der Waals surface area (Å²) in [5, 5.41) is 19.8. The molecule has 14 heteroatoms. The zero-order valence-corrected chi connectivity index (χ0v) is 28.1. The SMILES string of the molecule is CC1(C)C(/C=C/C=C/C=C2/N(CCCS(=O)(=O)O)c3cccc(C(=O)O)c3C2(C)C)=[N+](CCCS(=O)(=O)[O-])c2cccc(C(=O)O)c21. The maximum absolute atomic E-state index is 12.1. The molecule has 2 aliphatic heterocycles. The Morgan fingerprint density at radius 1 is 0.851 bits per heavy atom. The minimum absolute atomic E-state index is 0.0410. The lowest BCUT2D eigenvalue weighted by Crippen LogP contribution is -2.29. The lowest BCUT2D eigenvalue weighted by Gasteiger charge is -2.27. The molecule has 0 aromatic heterocycles. The van der Waals surface area contributed by atoms with Crippen LogP contribution in [-0.4, -0.2) is 83.0 Å². The second-order valence-electron chi connectivity index (χ2n) is 12.5. The van der Waals surface area contributed by atoms with Crippen molar-refractivity contribution in [3.63, 3.8) is 0 Å². The van der Waals surface area contributed by atoms with Gasteiger partial charge in [-0.15, -0.1) is 0 Å². The smallest absolute Gasteiger partial charge is 0.336 e. The predicted molar refractivity (Wildman–Crippen MR) is 177 cm³/mol. The van der Waals surface area contributed by atoms with Crippen LogP contribution in [0.5, 0.6) is 0 Å². The molecule has 4 rings (SSSR count). The Morgan fingerprint density at radius 2 is 1.47 bits per heavy atom. The van der Waals surface area contributed by atoms with Gasteiger partial charge in [-0.05, 0) is 44.5 Å². The van der Waals surface area contributed by atoms with Crippen LogP contribution < -0.4 is 4.90 Å². The van der Waals surface area contributed by atoms with E-state index >= 15 is 0 Å². The van der Waals surface area contributed by atoms with Crippen molar-refractivity contribution in [2.45, 2.75) is 51.4 Å². The summed E-state index contributed by atoms with van der Waals surface area (Å²) >= 11 is 0. The monoisotopic (exact) mass is 686 g/mol. The number of aromatic carboxylic acids is 2. The Balaban J connectivity index is 1.71. The second kappa shape index (κ2) is 13.2. The van der Waals surface area contributed by atoms with Crippen LogP contribution in [0, 0.1) is 0 Å². The molecule has 12 nitrogen and oxygen atoms in total. The standard InChI is InChI=1S/C33H38N2O10S2/c1-32(2)26(34(18-10-20-46(40,41)42)24-14-8-12-22(28(24)32)30(36)37)16-6-5-7-17-27-33(3,4)29-23(31(38)39)13-9-15-25(29)35(27)19-11-21-47(43,44)45/h5-9,12-17H,10-11,18-21H2,1-4H3,(H3-,36,37,38,39,40,41,42,43,44,45). The molecule has 2 aliphatic rings. The van der Waals surface area contributed by atoms with Crippen LogP contribution in [0.4, 0.5) is 11.4 Å². The van der Waals surface area contributed by atoms with E-state index in [4.69, 9.17) is 0 Å². The number of fused-ring (bicyclic) bond motifs is 2. The Kier molecular flexibility index (Phi) is 10.0. The van der Waals surface area contributed by atoms with Crippen molar-refractivity contribution in [1.82, 2.24) is 0 Å². The van der Waals surface area contributed by atoms with Gasteiger partial charge in [0.05, 0.1) is 38.0 Å². The van der Waals surface area contributed by atoms with Crippen molar-refractivity contribution < 1.29 is 50.3 Å². The van der Waals surface area contributed by atoms with Crippen LogP contribution in [0.15, 0.2) is 72.5 Å². The molecule has 0 unspecified atom stereocenters. The summed E-state index contributed by atoms with van der Waals surface area (Å²) < 4.78 is 67.8. The van der Waals surface area contributed by atoms with Crippen LogP contribution >= 0.6 is 0 Å². The first-order chi connectivity index (χ1) is 21.8. The summed E-state index contributed by atoms with van der Waals surface area (Å²) in [6.07, 6.45) is 8.99. The highest BCUT2D eigenvalue weighted by atomic mass is 32.2. The number of allylic oxidation sites excluding steroid dienone is 6. The summed E-state index contributed by atoms with van der Waals surface area (Å²) in [6.45, 7) is 7.88. The Morgan fingerprint density at radius 3 is 2.06 bits per heavy atom. The van der Waals surface area contributed by atoms with Gasteiger partial charge in [0, 0.05) is 53.2 Å². The largest absolute Gasteiger partial charge is 0.748 e. The summed E-state index contributed by atoms with van der Waals surface area (Å²) in [4.78, 5) is 26.1. The van der Waals surface area contributed by atoms with Gasteiger partial charge in [-0.25, -0.2) is 18.0 Å². The van der Waals surface area contributed by atoms with Crippen molar-refractivity contribution in [3.8, 4) is 0 Å². The fourth-order valence-electron chi connectivity index (χ4n) is 6.63. The van der Waals surface area contributed by atoms with Gasteiger partial charge in [-0.1, -0.05) is 44.2 Å². The molecule has 2 aromatic carbocycles. The number of hydrogen-bond donors (Lipinski definition) is 3. The third kappa shape index (κ3) is 7.56. The van der Waals surface area contributed by atoms with Crippen LogP contribution in [0.2, 0.25) is 0 Å². The zero-order valence-electron chi connectivity index (χ0n) is 26.5. The lowest BCUT2D eigenvalue weighted by atomic mass is 9.79. The molecule has 0 spiro atoms. The van der Waals surface area contributed by atoms with Crippen molar-refractivity contribution in [2.75, 3.05) is 29.5 Å². The van der Waals surface area contributed by atoms with Crippen LogP contribution in [0.25, 0.3) is 0 Å². The molecular formula is C33H38N2O10S2. The first kappa shape index (κ1) is 35.7. The van der Waals surface area contributed by atoms with Crippen LogP contribution in [-0.2, 0) is 31.1 Å². The first-order valence-electron chi connectivity index (χ1n) is 14.9. The average Bonchev–Trinajstić information content (AvgIpc) is 3.30. The highest BCUT2D eigenvalue weighted by molar-refractivity contribution is 7.85. The minimum Gasteiger partial charge on any atom is -0.748 e. The van der Waals surface area contributed by atoms with Crippen molar-refractivity contribution in [1.29, 1.82) is 0 Å². The van der Waals surface area contributed by atoms with E-state index in [1.165, 1.54) is 12.1 Å². The minimum atomic E-state index is -4.44. The van der Waals surface area contributed by atoms with E-state index in [0.29, 0.717) is 33.9 Å². The summed E-state index contributed by atoms with van der Waals surface area (Å²) in [6, 6.07) is 9.82. The zero-order chi connectivity index (χ0) is 34.9. The maximum atomic E-state index is 12.1. The number of nitrogens with zero attached hydrogens (tertiary/aromatic N) is 2. The van der Waals surface area contributed by atoms with Gasteiger partial charge in [-0.2, -0.15) is 13.0 Å². The maximum Gasteiger partial charge on any atom is 0.336 e. The number of carboxylic acid groups (broad SMARTS) is 2. The molecule has 0 bridgehead atoms. The van der Waals surface area contributed by atoms with Crippen molar-refractivity contribution in [2.24, 2.45) is 0 Å². The summed E-state index contributed by atoms with van der Waals surface area (Å²) in [7, 11) is -8.64. The van der Waals surface area contributed by atoms with E-state index in [2.05, 4.69) is 0 Å². The molecule has 2 heterocycles. The number of benzene rings is 2. The van der Waals surface area contributed by atoms with E-state index in [1.807, 2.05) is 43.2 Å². The van der Waals surface area contributed by atoms with Gasteiger partial charge in [0.25, 0.3) is 10.1 Å². The first-order valence-corrected chi connectivity index (χ1v) is 18.1. The molecule has 0 atom stereocenters. The number of carbonyl (C=O) groups is 2. The van der Waals surface area contributed by atoms with Gasteiger partial charge < -0.3 is 19.7 Å². The topological polar surface area (TPSA) is 192 Å². The predicted octanol–water partition coefficient (Wildman–Crippen LogP) is 4.47. The number of hydrogen-bond acceptors (Lipinski definition) is 8. The quantitative estimate of drug-likeness (QED) is 0.153. The fourth-order valence-corrected chi connectivity index (χ4v) is 7.61. The molecule has 0 fully saturated rings. The van der Waals surface area contributed by atoms with E-state index in [1.54, 1.807) is 48.6 Å². The fraction of sp³-hybridized carbons (Fsp3) is 0.364. The molecular weight excluding hydrogens is 649 g/mol. The Hall–Kier alpha value is -4.11. The third-order valence-electron chi connectivity index (χ3n) is 8.53. The molecule has 0 radical (unpaired) electrons. The Bertz CT molecular complexity index is 1950. The highest BCUT2D eigenvalue weighted by Gasteiger charge is 2.47. The van der Waals surface area contributed by atoms with Gasteiger partial charge in [0.1, 0.15) is 6.54 Å². The second-order valence-corrected chi connectivity index (χ2v) is 15.6. The van der Waals surface area contributed by atoms with Crippen molar-refractivity contribution >= 4 is 49.3 Å². The summed E-state index contributed by atoms with van der Waals surface area (Å²) in [5.74, 6) is -3.21. The van der Waals surface area contributed by atoms with Gasteiger partial charge >= 0.3 is 11.9 Å². The van der Waals surface area contributed by atoms with Gasteiger partial charge in [0.2, 0.25) is 5.69 Å². The van der Waals surface area contributed by atoms with Gasteiger partial charge in [0.15, 0.2) is 5.71 Å². The molecule has 252 valence electrons. The van der Waals surface area contributed by atoms with Gasteiger partial charge in [-0.3, -0.25) is 4.55 Å². The number of rotatable bonds is 13. The Labute approximate surface area is 274 Å². The summed E-state index contributed by atoms with van der Waals surface area (Å²) in [5.41, 5.74) is 2.52. The van der Waals surface area contributed by atoms with E-state index < -0.39 is 54.5 Å². The van der Waals surface area contributed by atoms with E-state index in [0.717, 1.165) is 0 Å². The van der Waals surface area contributed by atoms with E-state index in [9.17, 15) is 45.7 Å². The molecule has 0 amide bonds. The van der Waals surface area contributed by atoms with Crippen LogP contribution in [0.3, 0.4) is 0 Å². The highest BCUT2D eigenvalue weighted by Crippen LogP contribution is 2.49. The number of anilines is 1. The molecule has 3 N–H and O–H groups in total. The molecule has 2 aromatic rings. The molecule has 0 aliphatic carbocycles. The molecule has 47 heavy (non-hydrogen) atoms. The third-order valence-corrected chi connectivity index (χ3v) is 10.1.